The number of amides is 2. The van der Waals surface area contributed by atoms with E-state index in [1.165, 1.54) is 5.56 Å². The van der Waals surface area contributed by atoms with Gasteiger partial charge in [0.25, 0.3) is 0 Å². The van der Waals surface area contributed by atoms with E-state index in [2.05, 4.69) is 36.6 Å². The number of rotatable bonds is 7. The number of carbonyl (C=O) groups excluding carboxylic acids is 1. The van der Waals surface area contributed by atoms with Crippen molar-refractivity contribution < 1.29 is 9.53 Å². The number of carbonyl (C=O) groups is 1. The van der Waals surface area contributed by atoms with Gasteiger partial charge in [0.15, 0.2) is 0 Å². The van der Waals surface area contributed by atoms with E-state index in [4.69, 9.17) is 4.74 Å². The van der Waals surface area contributed by atoms with E-state index in [9.17, 15) is 4.79 Å². The maximum Gasteiger partial charge on any atom is 0.319 e. The molecule has 2 aromatic carbocycles. The maximum atomic E-state index is 11.8. The lowest BCUT2D eigenvalue weighted by Gasteiger charge is -2.11. The van der Waals surface area contributed by atoms with Crippen LogP contribution in [-0.4, -0.2) is 19.2 Å². The van der Waals surface area contributed by atoms with E-state index in [1.807, 2.05) is 42.5 Å². The monoisotopic (exact) mass is 312 g/mol. The Bertz CT molecular complexity index is 612. The van der Waals surface area contributed by atoms with Crippen LogP contribution in [0.5, 0.6) is 5.75 Å². The third-order valence-corrected chi connectivity index (χ3v) is 3.27. The Kier molecular flexibility index (Phi) is 6.48. The van der Waals surface area contributed by atoms with E-state index in [0.717, 1.165) is 17.9 Å². The third-order valence-electron chi connectivity index (χ3n) is 3.27. The molecule has 122 valence electrons. The molecule has 0 spiro atoms. The van der Waals surface area contributed by atoms with Crippen LogP contribution >= 0.6 is 0 Å². The van der Waals surface area contributed by atoms with E-state index in [0.29, 0.717) is 19.1 Å². The molecule has 23 heavy (non-hydrogen) atoms. The van der Waals surface area contributed by atoms with Gasteiger partial charge in [0, 0.05) is 24.7 Å². The second-order valence-electron chi connectivity index (χ2n) is 5.84. The Hall–Kier alpha value is -2.49. The number of ether oxygens (including phenoxy) is 1. The van der Waals surface area contributed by atoms with Gasteiger partial charge in [-0.05, 0) is 23.6 Å². The lowest BCUT2D eigenvalue weighted by atomic mass is 10.2. The summed E-state index contributed by atoms with van der Waals surface area (Å²) < 4.78 is 5.76. The number of urea groups is 1. The van der Waals surface area contributed by atoms with Crippen LogP contribution in [-0.2, 0) is 6.42 Å². The van der Waals surface area contributed by atoms with Crippen LogP contribution in [0.4, 0.5) is 10.5 Å². The minimum atomic E-state index is -0.194. The first kappa shape index (κ1) is 16.9. The van der Waals surface area contributed by atoms with Crippen molar-refractivity contribution in [3.05, 3.63) is 60.2 Å². The molecule has 4 heteroatoms. The van der Waals surface area contributed by atoms with Crippen LogP contribution in [0.25, 0.3) is 0 Å². The van der Waals surface area contributed by atoms with Crippen molar-refractivity contribution >= 4 is 11.7 Å². The van der Waals surface area contributed by atoms with Gasteiger partial charge in [-0.15, -0.1) is 0 Å². The standard InChI is InChI=1S/C19H24N2O2/c1-15(2)14-20-19(22)21-17-9-6-10-18(13-17)23-12-11-16-7-4-3-5-8-16/h3-10,13,15H,11-12,14H2,1-2H3,(H2,20,21,22). The Balaban J connectivity index is 1.81. The molecule has 0 aliphatic heterocycles. The Morgan fingerprint density at radius 2 is 1.87 bits per heavy atom. The highest BCUT2D eigenvalue weighted by molar-refractivity contribution is 5.89. The number of hydrogen-bond acceptors (Lipinski definition) is 2. The van der Waals surface area contributed by atoms with Crippen LogP contribution in [0.3, 0.4) is 0 Å². The van der Waals surface area contributed by atoms with Gasteiger partial charge in [0.05, 0.1) is 6.61 Å². The Morgan fingerprint density at radius 1 is 1.09 bits per heavy atom. The van der Waals surface area contributed by atoms with Gasteiger partial charge in [0.2, 0.25) is 0 Å². The maximum absolute atomic E-state index is 11.8. The molecule has 2 amide bonds. The average Bonchev–Trinajstić information content (AvgIpc) is 2.54. The summed E-state index contributed by atoms with van der Waals surface area (Å²) in [6, 6.07) is 17.5. The van der Waals surface area contributed by atoms with Gasteiger partial charge in [-0.2, -0.15) is 0 Å². The highest BCUT2D eigenvalue weighted by Crippen LogP contribution is 2.17. The van der Waals surface area contributed by atoms with Crippen LogP contribution in [0.15, 0.2) is 54.6 Å². The average molecular weight is 312 g/mol. The normalized spacial score (nSPS) is 10.4. The van der Waals surface area contributed by atoms with Crippen molar-refractivity contribution in [2.75, 3.05) is 18.5 Å². The number of hydrogen-bond donors (Lipinski definition) is 2. The fourth-order valence-electron chi connectivity index (χ4n) is 2.07. The van der Waals surface area contributed by atoms with Crippen LogP contribution in [0.2, 0.25) is 0 Å². The van der Waals surface area contributed by atoms with Crippen LogP contribution < -0.4 is 15.4 Å². The van der Waals surface area contributed by atoms with Gasteiger partial charge in [-0.1, -0.05) is 50.2 Å². The molecule has 0 aliphatic rings. The second kappa shape index (κ2) is 8.83. The molecule has 0 saturated carbocycles. The van der Waals surface area contributed by atoms with Gasteiger partial charge >= 0.3 is 6.03 Å². The van der Waals surface area contributed by atoms with Crippen molar-refractivity contribution in [3.63, 3.8) is 0 Å². The Morgan fingerprint density at radius 3 is 2.61 bits per heavy atom. The third kappa shape index (κ3) is 6.43. The molecule has 0 bridgehead atoms. The molecule has 0 radical (unpaired) electrons. The summed E-state index contributed by atoms with van der Waals surface area (Å²) in [5.74, 6) is 1.18. The fraction of sp³-hybridized carbons (Fsp3) is 0.316. The minimum absolute atomic E-state index is 0.194. The number of nitrogens with one attached hydrogen (secondary N) is 2. The predicted octanol–water partition coefficient (Wildman–Crippen LogP) is 4.09. The minimum Gasteiger partial charge on any atom is -0.493 e. The quantitative estimate of drug-likeness (QED) is 0.809. The molecular weight excluding hydrogens is 288 g/mol. The van der Waals surface area contributed by atoms with Gasteiger partial charge in [0.1, 0.15) is 5.75 Å². The molecule has 0 aliphatic carbocycles. The van der Waals surface area contributed by atoms with E-state index in [1.54, 1.807) is 0 Å². The molecule has 0 heterocycles. The summed E-state index contributed by atoms with van der Waals surface area (Å²) >= 11 is 0. The largest absolute Gasteiger partial charge is 0.493 e. The van der Waals surface area contributed by atoms with E-state index < -0.39 is 0 Å². The highest BCUT2D eigenvalue weighted by atomic mass is 16.5. The summed E-state index contributed by atoms with van der Waals surface area (Å²) in [6.45, 7) is 5.37. The second-order valence-corrected chi connectivity index (χ2v) is 5.84. The molecule has 2 rings (SSSR count). The molecule has 0 aromatic heterocycles. The van der Waals surface area contributed by atoms with E-state index >= 15 is 0 Å². The SMILES string of the molecule is CC(C)CNC(=O)Nc1cccc(OCCc2ccccc2)c1. The van der Waals surface area contributed by atoms with Crippen molar-refractivity contribution in [1.82, 2.24) is 5.32 Å². The highest BCUT2D eigenvalue weighted by Gasteiger charge is 2.03. The lowest BCUT2D eigenvalue weighted by molar-refractivity contribution is 0.251. The van der Waals surface area contributed by atoms with Crippen molar-refractivity contribution in [2.45, 2.75) is 20.3 Å². The van der Waals surface area contributed by atoms with Crippen LogP contribution in [0, 0.1) is 5.92 Å². The number of benzene rings is 2. The van der Waals surface area contributed by atoms with Crippen LogP contribution in [0.1, 0.15) is 19.4 Å². The first-order valence-electron chi connectivity index (χ1n) is 7.95. The first-order chi connectivity index (χ1) is 11.1. The molecule has 0 atom stereocenters. The van der Waals surface area contributed by atoms with Gasteiger partial charge in [-0.3, -0.25) is 0 Å². The Labute approximate surface area is 137 Å². The van der Waals surface area contributed by atoms with Crippen molar-refractivity contribution in [1.29, 1.82) is 0 Å². The summed E-state index contributed by atoms with van der Waals surface area (Å²) in [7, 11) is 0. The summed E-state index contributed by atoms with van der Waals surface area (Å²) in [5, 5.41) is 5.64. The molecular formula is C19H24N2O2. The molecule has 2 aromatic rings. The molecule has 0 fully saturated rings. The zero-order valence-electron chi connectivity index (χ0n) is 13.7. The lowest BCUT2D eigenvalue weighted by Crippen LogP contribution is -2.31. The predicted molar refractivity (Wildman–Crippen MR) is 93.9 cm³/mol. The first-order valence-corrected chi connectivity index (χ1v) is 7.95. The van der Waals surface area contributed by atoms with E-state index in [-0.39, 0.29) is 6.03 Å². The fourth-order valence-corrected chi connectivity index (χ4v) is 2.07. The van der Waals surface area contributed by atoms with Gasteiger partial charge in [-0.25, -0.2) is 4.79 Å². The molecule has 0 unspecified atom stereocenters. The smallest absolute Gasteiger partial charge is 0.319 e. The summed E-state index contributed by atoms with van der Waals surface area (Å²) in [6.07, 6.45) is 0.855. The van der Waals surface area contributed by atoms with Gasteiger partial charge < -0.3 is 15.4 Å². The molecule has 2 N–H and O–H groups in total. The number of anilines is 1. The zero-order valence-corrected chi connectivity index (χ0v) is 13.7. The molecule has 4 nitrogen and oxygen atoms in total. The van der Waals surface area contributed by atoms with Crippen molar-refractivity contribution in [3.8, 4) is 5.75 Å². The summed E-state index contributed by atoms with van der Waals surface area (Å²) in [4.78, 5) is 11.8. The van der Waals surface area contributed by atoms with Crippen molar-refractivity contribution in [2.24, 2.45) is 5.92 Å². The zero-order chi connectivity index (χ0) is 16.5. The molecule has 0 saturated heterocycles. The summed E-state index contributed by atoms with van der Waals surface area (Å²) in [5.41, 5.74) is 1.97. The topological polar surface area (TPSA) is 50.4 Å².